The van der Waals surface area contributed by atoms with Gasteiger partial charge >= 0.3 is 0 Å². The number of nitrogens with one attached hydrogen (secondary N) is 1. The van der Waals surface area contributed by atoms with Gasteiger partial charge in [-0.25, -0.2) is 9.07 Å². The number of ether oxygens (including phenoxy) is 1. The third kappa shape index (κ3) is 3.42. The summed E-state index contributed by atoms with van der Waals surface area (Å²) in [6.45, 7) is 0. The van der Waals surface area contributed by atoms with E-state index in [0.717, 1.165) is 16.6 Å². The van der Waals surface area contributed by atoms with E-state index in [4.69, 9.17) is 4.74 Å². The molecular weight excluding hydrogens is 359 g/mol. The molecule has 0 aliphatic rings. The Labute approximate surface area is 160 Å². The van der Waals surface area contributed by atoms with E-state index < -0.39 is 12.0 Å². The van der Waals surface area contributed by atoms with Gasteiger partial charge in [0.15, 0.2) is 6.17 Å². The smallest absolute Gasteiger partial charge is 0.253 e. The number of methoxy groups -OCH3 is 1. The number of amides is 1. The highest BCUT2D eigenvalue weighted by Crippen LogP contribution is 2.23. The number of aromatic nitrogens is 3. The van der Waals surface area contributed by atoms with E-state index in [2.05, 4.69) is 15.6 Å². The van der Waals surface area contributed by atoms with Crippen molar-refractivity contribution in [3.8, 4) is 5.75 Å². The highest BCUT2D eigenvalue weighted by molar-refractivity contribution is 5.94. The van der Waals surface area contributed by atoms with Gasteiger partial charge in [0.1, 0.15) is 17.1 Å². The molecule has 7 heteroatoms. The van der Waals surface area contributed by atoms with Crippen molar-refractivity contribution in [1.82, 2.24) is 20.3 Å². The summed E-state index contributed by atoms with van der Waals surface area (Å²) in [5, 5.41) is 11.4. The molecule has 1 N–H and O–H groups in total. The molecule has 0 aliphatic heterocycles. The summed E-state index contributed by atoms with van der Waals surface area (Å²) in [6.07, 6.45) is -0.601. The summed E-state index contributed by atoms with van der Waals surface area (Å²) in [5.74, 6) is -0.0401. The summed E-state index contributed by atoms with van der Waals surface area (Å²) in [6, 6.07) is 20.2. The van der Waals surface area contributed by atoms with Crippen LogP contribution in [0.5, 0.6) is 5.75 Å². The van der Waals surface area contributed by atoms with Gasteiger partial charge in [-0.3, -0.25) is 4.79 Å². The van der Waals surface area contributed by atoms with E-state index in [0.29, 0.717) is 11.3 Å². The number of hydrogen-bond donors (Lipinski definition) is 1. The van der Waals surface area contributed by atoms with Crippen LogP contribution in [0.15, 0.2) is 72.8 Å². The Morgan fingerprint density at radius 3 is 2.46 bits per heavy atom. The first-order chi connectivity index (χ1) is 13.7. The van der Waals surface area contributed by atoms with Crippen molar-refractivity contribution in [2.45, 2.75) is 6.17 Å². The molecule has 28 heavy (non-hydrogen) atoms. The molecule has 0 bridgehead atoms. The Balaban J connectivity index is 1.74. The van der Waals surface area contributed by atoms with E-state index in [1.54, 1.807) is 11.8 Å². The molecule has 0 unspecified atom stereocenters. The minimum atomic E-state index is -0.601. The van der Waals surface area contributed by atoms with E-state index in [9.17, 15) is 9.18 Å². The minimum Gasteiger partial charge on any atom is -0.497 e. The third-order valence-electron chi connectivity index (χ3n) is 4.43. The number of rotatable bonds is 5. The highest BCUT2D eigenvalue weighted by Gasteiger charge is 2.21. The lowest BCUT2D eigenvalue weighted by atomic mass is 10.1. The van der Waals surface area contributed by atoms with Crippen molar-refractivity contribution in [2.75, 3.05) is 7.11 Å². The number of hydrogen-bond acceptors (Lipinski definition) is 4. The Bertz CT molecular complexity index is 1110. The van der Waals surface area contributed by atoms with Crippen molar-refractivity contribution in [3.05, 3.63) is 89.7 Å². The second-order valence-electron chi connectivity index (χ2n) is 6.18. The quantitative estimate of drug-likeness (QED) is 0.578. The molecule has 0 fully saturated rings. The number of carbonyl (C=O) groups excluding carboxylic acids is 1. The van der Waals surface area contributed by atoms with Gasteiger partial charge in [0.25, 0.3) is 5.91 Å². The van der Waals surface area contributed by atoms with Crippen molar-refractivity contribution in [1.29, 1.82) is 0 Å². The summed E-state index contributed by atoms with van der Waals surface area (Å²) in [7, 11) is 1.59. The van der Waals surface area contributed by atoms with Crippen LogP contribution in [-0.4, -0.2) is 28.0 Å². The SMILES string of the molecule is COc1ccc([C@H](NC(=O)c2ccc(F)cc2)n2nnc3ccccc32)cc1. The van der Waals surface area contributed by atoms with Crippen LogP contribution in [0.3, 0.4) is 0 Å². The van der Waals surface area contributed by atoms with Crippen LogP contribution in [-0.2, 0) is 0 Å². The van der Waals surface area contributed by atoms with E-state index >= 15 is 0 Å². The maximum absolute atomic E-state index is 13.2. The first-order valence-electron chi connectivity index (χ1n) is 8.66. The molecule has 140 valence electrons. The maximum atomic E-state index is 13.2. The third-order valence-corrected chi connectivity index (χ3v) is 4.43. The zero-order chi connectivity index (χ0) is 19.5. The van der Waals surface area contributed by atoms with Crippen LogP contribution < -0.4 is 10.1 Å². The zero-order valence-corrected chi connectivity index (χ0v) is 15.0. The predicted octanol–water partition coefficient (Wildman–Crippen LogP) is 3.56. The second kappa shape index (κ2) is 7.48. The second-order valence-corrected chi connectivity index (χ2v) is 6.18. The number of nitrogens with zero attached hydrogens (tertiary/aromatic N) is 3. The van der Waals surface area contributed by atoms with Gasteiger partial charge in [-0.2, -0.15) is 0 Å². The number of para-hydroxylation sites is 1. The van der Waals surface area contributed by atoms with Crippen LogP contribution in [0.2, 0.25) is 0 Å². The standard InChI is InChI=1S/C21H17FN4O2/c1-28-17-12-8-14(9-13-17)20(23-21(27)15-6-10-16(22)11-7-15)26-19-5-3-2-4-18(19)24-25-26/h2-13,20H,1H3,(H,23,27)/t20-/m1/s1. The fraction of sp³-hybridized carbons (Fsp3) is 0.0952. The molecule has 4 rings (SSSR count). The number of halogens is 1. The van der Waals surface area contributed by atoms with Gasteiger partial charge in [0.05, 0.1) is 12.6 Å². The van der Waals surface area contributed by atoms with E-state index in [-0.39, 0.29) is 5.91 Å². The molecule has 1 heterocycles. The van der Waals surface area contributed by atoms with Crippen LogP contribution in [0.25, 0.3) is 11.0 Å². The van der Waals surface area contributed by atoms with Gasteiger partial charge in [-0.15, -0.1) is 5.10 Å². The van der Waals surface area contributed by atoms with Gasteiger partial charge in [0.2, 0.25) is 0 Å². The highest BCUT2D eigenvalue weighted by atomic mass is 19.1. The van der Waals surface area contributed by atoms with Crippen molar-refractivity contribution >= 4 is 16.9 Å². The Kier molecular flexibility index (Phi) is 4.72. The molecule has 1 atom stereocenters. The molecule has 0 aliphatic carbocycles. The Hall–Kier alpha value is -3.74. The fourth-order valence-electron chi connectivity index (χ4n) is 2.96. The molecule has 6 nitrogen and oxygen atoms in total. The number of benzene rings is 3. The molecular formula is C21H17FN4O2. The Morgan fingerprint density at radius 1 is 1.04 bits per heavy atom. The lowest BCUT2D eigenvalue weighted by Crippen LogP contribution is -2.34. The van der Waals surface area contributed by atoms with Gasteiger partial charge in [-0.05, 0) is 54.1 Å². The van der Waals surface area contributed by atoms with Gasteiger partial charge in [-0.1, -0.05) is 29.5 Å². The van der Waals surface area contributed by atoms with E-state index in [1.165, 1.54) is 24.3 Å². The lowest BCUT2D eigenvalue weighted by molar-refractivity contribution is 0.0927. The normalized spacial score (nSPS) is 11.9. The molecule has 3 aromatic carbocycles. The molecule has 1 aromatic heterocycles. The molecule has 0 radical (unpaired) electrons. The number of fused-ring (bicyclic) bond motifs is 1. The van der Waals surface area contributed by atoms with Gasteiger partial charge in [0, 0.05) is 5.56 Å². The monoisotopic (exact) mass is 376 g/mol. The first kappa shape index (κ1) is 17.7. The van der Waals surface area contributed by atoms with Crippen LogP contribution in [0, 0.1) is 5.82 Å². The van der Waals surface area contributed by atoms with Crippen LogP contribution in [0.1, 0.15) is 22.1 Å². The predicted molar refractivity (Wildman–Crippen MR) is 103 cm³/mol. The summed E-state index contributed by atoms with van der Waals surface area (Å²) >= 11 is 0. The molecule has 0 saturated carbocycles. The van der Waals surface area contributed by atoms with Crippen LogP contribution >= 0.6 is 0 Å². The zero-order valence-electron chi connectivity index (χ0n) is 15.0. The van der Waals surface area contributed by atoms with Crippen molar-refractivity contribution in [3.63, 3.8) is 0 Å². The van der Waals surface area contributed by atoms with Crippen molar-refractivity contribution in [2.24, 2.45) is 0 Å². The number of carbonyl (C=O) groups is 1. The molecule has 1 amide bonds. The van der Waals surface area contributed by atoms with E-state index in [1.807, 2.05) is 48.5 Å². The average Bonchev–Trinajstić information content (AvgIpc) is 3.16. The maximum Gasteiger partial charge on any atom is 0.253 e. The summed E-state index contributed by atoms with van der Waals surface area (Å²) in [5.41, 5.74) is 2.65. The molecule has 4 aromatic rings. The lowest BCUT2D eigenvalue weighted by Gasteiger charge is -2.20. The average molecular weight is 376 g/mol. The minimum absolute atomic E-state index is 0.347. The Morgan fingerprint density at radius 2 is 1.75 bits per heavy atom. The first-order valence-corrected chi connectivity index (χ1v) is 8.66. The fourth-order valence-corrected chi connectivity index (χ4v) is 2.96. The summed E-state index contributed by atoms with van der Waals surface area (Å²) in [4.78, 5) is 12.8. The summed E-state index contributed by atoms with van der Waals surface area (Å²) < 4.78 is 20.0. The van der Waals surface area contributed by atoms with Crippen molar-refractivity contribution < 1.29 is 13.9 Å². The van der Waals surface area contributed by atoms with Gasteiger partial charge < -0.3 is 10.1 Å². The topological polar surface area (TPSA) is 69.0 Å². The molecule has 0 spiro atoms. The van der Waals surface area contributed by atoms with Crippen LogP contribution in [0.4, 0.5) is 4.39 Å². The largest absolute Gasteiger partial charge is 0.497 e. The molecule has 0 saturated heterocycles.